The molecular formula is C21H18ClN3O4. The van der Waals surface area contributed by atoms with E-state index in [1.54, 1.807) is 25.1 Å². The van der Waals surface area contributed by atoms with Gasteiger partial charge in [0, 0.05) is 0 Å². The Hall–Kier alpha value is -3.32. The number of hydrogen-bond acceptors (Lipinski definition) is 6. The number of fused-ring (bicyclic) bond motifs is 1. The normalized spacial score (nSPS) is 20.0. The molecule has 148 valence electrons. The number of dihydropyridines is 1. The molecule has 2 aromatic rings. The van der Waals surface area contributed by atoms with E-state index >= 15 is 0 Å². The van der Waals surface area contributed by atoms with Gasteiger partial charge in [0.25, 0.3) is 6.02 Å². The summed E-state index contributed by atoms with van der Waals surface area (Å²) in [5.41, 5.74) is 1.84. The first kappa shape index (κ1) is 19.0. The maximum Gasteiger partial charge on any atom is 0.336 e. The zero-order valence-corrected chi connectivity index (χ0v) is 16.3. The second kappa shape index (κ2) is 7.97. The fraction of sp³-hybridized carbons (Fsp3) is 0.190. The van der Waals surface area contributed by atoms with Gasteiger partial charge in [-0.15, -0.1) is 0 Å². The van der Waals surface area contributed by atoms with Crippen LogP contribution in [0.3, 0.4) is 0 Å². The average Bonchev–Trinajstić information content (AvgIpc) is 3.09. The summed E-state index contributed by atoms with van der Waals surface area (Å²) >= 11 is 6.30. The van der Waals surface area contributed by atoms with Crippen molar-refractivity contribution >= 4 is 29.5 Å². The highest BCUT2D eigenvalue weighted by atomic mass is 35.5. The van der Waals surface area contributed by atoms with Crippen molar-refractivity contribution in [3.8, 4) is 5.75 Å². The summed E-state index contributed by atoms with van der Waals surface area (Å²) in [5, 5.41) is 12.7. The van der Waals surface area contributed by atoms with Crippen molar-refractivity contribution in [3.05, 3.63) is 76.3 Å². The van der Waals surface area contributed by atoms with Gasteiger partial charge in [-0.2, -0.15) is 0 Å². The Kier molecular flexibility index (Phi) is 5.22. The van der Waals surface area contributed by atoms with Crippen molar-refractivity contribution in [2.24, 2.45) is 9.98 Å². The Morgan fingerprint density at radius 3 is 2.76 bits per heavy atom. The molecule has 0 saturated heterocycles. The quantitative estimate of drug-likeness (QED) is 0.803. The first-order valence-corrected chi connectivity index (χ1v) is 9.36. The molecule has 2 atom stereocenters. The third-order valence-corrected chi connectivity index (χ3v) is 4.80. The number of aliphatic imine (C=N–C) groups is 2. The van der Waals surface area contributed by atoms with Crippen molar-refractivity contribution < 1.29 is 19.4 Å². The molecule has 0 aromatic heterocycles. The molecule has 4 rings (SSSR count). The van der Waals surface area contributed by atoms with Gasteiger partial charge in [0.1, 0.15) is 17.4 Å². The average molecular weight is 412 g/mol. The number of hydrogen-bond donors (Lipinski definition) is 2. The lowest BCUT2D eigenvalue weighted by atomic mass is 10.1. The fourth-order valence-corrected chi connectivity index (χ4v) is 3.24. The third kappa shape index (κ3) is 4.25. The number of carboxylic acids is 1. The summed E-state index contributed by atoms with van der Waals surface area (Å²) < 4.78 is 11.5. The van der Waals surface area contributed by atoms with Crippen molar-refractivity contribution in [1.82, 2.24) is 5.32 Å². The molecule has 7 nitrogen and oxygen atoms in total. The zero-order chi connectivity index (χ0) is 20.4. The molecule has 2 aliphatic heterocycles. The van der Waals surface area contributed by atoms with Crippen LogP contribution in [0.25, 0.3) is 0 Å². The first-order chi connectivity index (χ1) is 14.0. The molecule has 2 aromatic carbocycles. The van der Waals surface area contributed by atoms with Gasteiger partial charge < -0.3 is 19.9 Å². The van der Waals surface area contributed by atoms with E-state index in [0.29, 0.717) is 28.8 Å². The number of nitrogens with zero attached hydrogens (tertiary/aromatic N) is 2. The van der Waals surface area contributed by atoms with Crippen LogP contribution in [0.4, 0.5) is 0 Å². The molecule has 29 heavy (non-hydrogen) atoms. The van der Waals surface area contributed by atoms with Gasteiger partial charge in [-0.25, -0.2) is 14.8 Å². The molecule has 0 fully saturated rings. The van der Waals surface area contributed by atoms with Gasteiger partial charge in [0.2, 0.25) is 5.90 Å². The number of nitrogens with one attached hydrogen (secondary N) is 1. The number of carboxylic acid groups (broad SMARTS) is 1. The predicted molar refractivity (Wildman–Crippen MR) is 110 cm³/mol. The molecule has 8 heteroatoms. The molecule has 2 heterocycles. The molecule has 0 amide bonds. The van der Waals surface area contributed by atoms with E-state index in [4.69, 9.17) is 21.1 Å². The van der Waals surface area contributed by atoms with Crippen LogP contribution in [0, 0.1) is 6.92 Å². The lowest BCUT2D eigenvalue weighted by Gasteiger charge is -2.19. The Labute approximate surface area is 172 Å². The van der Waals surface area contributed by atoms with Crippen molar-refractivity contribution in [3.63, 3.8) is 0 Å². The van der Waals surface area contributed by atoms with E-state index in [2.05, 4.69) is 15.3 Å². The van der Waals surface area contributed by atoms with E-state index in [1.807, 2.05) is 30.3 Å². The van der Waals surface area contributed by atoms with Gasteiger partial charge in [0.15, 0.2) is 6.17 Å². The number of benzene rings is 2. The van der Waals surface area contributed by atoms with Crippen molar-refractivity contribution in [2.45, 2.75) is 25.7 Å². The first-order valence-electron chi connectivity index (χ1n) is 8.98. The van der Waals surface area contributed by atoms with Crippen LogP contribution in [0.15, 0.2) is 69.6 Å². The lowest BCUT2D eigenvalue weighted by molar-refractivity contribution is 0.0695. The number of aryl methyl sites for hydroxylation is 1. The predicted octanol–water partition coefficient (Wildman–Crippen LogP) is 3.48. The molecular weight excluding hydrogens is 394 g/mol. The largest absolute Gasteiger partial charge is 0.478 e. The smallest absolute Gasteiger partial charge is 0.336 e. The molecule has 0 bridgehead atoms. The second-order valence-corrected chi connectivity index (χ2v) is 7.03. The lowest BCUT2D eigenvalue weighted by Crippen LogP contribution is -2.37. The van der Waals surface area contributed by atoms with Crippen LogP contribution in [0.1, 0.15) is 21.5 Å². The molecule has 2 unspecified atom stereocenters. The highest BCUT2D eigenvalue weighted by Crippen LogP contribution is 2.24. The van der Waals surface area contributed by atoms with E-state index in [9.17, 15) is 9.90 Å². The Bertz CT molecular complexity index is 1030. The summed E-state index contributed by atoms with van der Waals surface area (Å²) in [6.07, 6.45) is 1.31. The summed E-state index contributed by atoms with van der Waals surface area (Å²) in [5.74, 6) is -0.313. The molecule has 0 spiro atoms. The number of aromatic carboxylic acids is 1. The number of halogens is 1. The molecule has 0 radical (unpaired) electrons. The van der Waals surface area contributed by atoms with E-state index < -0.39 is 12.1 Å². The standard InChI is InChI=1S/C21H18ClN3O4/c1-12-7-8-14(9-15(12)20(26)27)29-21-23-17-10-16(22)19(24-18(17)25-21)28-11-13-5-3-2-4-6-13/h2-10,17-18H,11H2,1H3,(H,23,25)(H,26,27). The highest BCUT2D eigenvalue weighted by molar-refractivity contribution is 6.42. The molecule has 2 N–H and O–H groups in total. The maximum atomic E-state index is 11.3. The Balaban J connectivity index is 1.46. The molecule has 2 aliphatic rings. The fourth-order valence-electron chi connectivity index (χ4n) is 3.00. The van der Waals surface area contributed by atoms with E-state index in [1.165, 1.54) is 6.07 Å². The van der Waals surface area contributed by atoms with Gasteiger partial charge in [-0.3, -0.25) is 0 Å². The van der Waals surface area contributed by atoms with Crippen LogP contribution in [-0.2, 0) is 11.3 Å². The van der Waals surface area contributed by atoms with Gasteiger partial charge in [0.05, 0.1) is 11.6 Å². The summed E-state index contributed by atoms with van der Waals surface area (Å²) in [7, 11) is 0. The van der Waals surface area contributed by atoms with Gasteiger partial charge in [-0.1, -0.05) is 48.0 Å². The van der Waals surface area contributed by atoms with Crippen LogP contribution >= 0.6 is 11.6 Å². The Morgan fingerprint density at radius 2 is 2.00 bits per heavy atom. The van der Waals surface area contributed by atoms with Crippen LogP contribution < -0.4 is 10.1 Å². The van der Waals surface area contributed by atoms with E-state index in [-0.39, 0.29) is 17.6 Å². The minimum atomic E-state index is -1.01. The van der Waals surface area contributed by atoms with Crippen LogP contribution in [0.5, 0.6) is 5.75 Å². The highest BCUT2D eigenvalue weighted by Gasteiger charge is 2.33. The summed E-state index contributed by atoms with van der Waals surface area (Å²) in [6, 6.07) is 14.5. The number of carbonyl (C=O) groups is 1. The minimum absolute atomic E-state index is 0.177. The number of amidine groups is 1. The molecule has 0 saturated carbocycles. The zero-order valence-electron chi connectivity index (χ0n) is 15.5. The van der Waals surface area contributed by atoms with Crippen LogP contribution in [-0.4, -0.2) is 35.2 Å². The van der Waals surface area contributed by atoms with Gasteiger partial charge in [-0.05, 0) is 36.3 Å². The Morgan fingerprint density at radius 1 is 1.21 bits per heavy atom. The van der Waals surface area contributed by atoms with Gasteiger partial charge >= 0.3 is 5.97 Å². The molecule has 0 aliphatic carbocycles. The summed E-state index contributed by atoms with van der Waals surface area (Å²) in [4.78, 5) is 20.2. The third-order valence-electron chi connectivity index (χ3n) is 4.51. The topological polar surface area (TPSA) is 92.5 Å². The van der Waals surface area contributed by atoms with Crippen molar-refractivity contribution in [2.75, 3.05) is 0 Å². The monoisotopic (exact) mass is 411 g/mol. The number of rotatable bonds is 4. The van der Waals surface area contributed by atoms with Crippen molar-refractivity contribution in [1.29, 1.82) is 0 Å². The minimum Gasteiger partial charge on any atom is -0.478 e. The number of ether oxygens (including phenoxy) is 2. The second-order valence-electron chi connectivity index (χ2n) is 6.63. The van der Waals surface area contributed by atoms with E-state index in [0.717, 1.165) is 5.56 Å². The SMILES string of the molecule is Cc1ccc(OC2=NC3N=C(OCc4ccccc4)C(Cl)=CC3N2)cc1C(=O)O. The summed E-state index contributed by atoms with van der Waals surface area (Å²) in [6.45, 7) is 2.08. The van der Waals surface area contributed by atoms with Crippen LogP contribution in [0.2, 0.25) is 0 Å². The maximum absolute atomic E-state index is 11.3.